The predicted octanol–water partition coefficient (Wildman–Crippen LogP) is 12.7. The number of hydrogen-bond donors (Lipinski definition) is 0. The van der Waals surface area contributed by atoms with E-state index in [-0.39, 0.29) is 0 Å². The number of aryl methyl sites for hydroxylation is 1. The fraction of sp³-hybridized carbons (Fsp3) is 0.0233. The summed E-state index contributed by atoms with van der Waals surface area (Å²) in [6.07, 6.45) is 0. The van der Waals surface area contributed by atoms with Gasteiger partial charge in [-0.15, -0.1) is 11.3 Å². The van der Waals surface area contributed by atoms with Gasteiger partial charge >= 0.3 is 0 Å². The van der Waals surface area contributed by atoms with Crippen LogP contribution in [0.5, 0.6) is 0 Å². The molecular weight excluding hydrogens is 579 g/mol. The average molecular weight is 606 g/mol. The van der Waals surface area contributed by atoms with E-state index in [0.717, 1.165) is 21.9 Å². The summed E-state index contributed by atoms with van der Waals surface area (Å²) in [7, 11) is 0. The van der Waals surface area contributed by atoms with Crippen LogP contribution in [0, 0.1) is 6.92 Å². The minimum absolute atomic E-state index is 0.922. The van der Waals surface area contributed by atoms with Crippen LogP contribution in [0.15, 0.2) is 150 Å². The van der Waals surface area contributed by atoms with Gasteiger partial charge in [-0.1, -0.05) is 78.4 Å². The van der Waals surface area contributed by atoms with Crippen molar-refractivity contribution >= 4 is 75.3 Å². The maximum absolute atomic E-state index is 6.08. The third kappa shape index (κ3) is 3.82. The highest BCUT2D eigenvalue weighted by atomic mass is 32.1. The summed E-state index contributed by atoms with van der Waals surface area (Å²) in [4.78, 5) is 0. The van der Waals surface area contributed by atoms with Crippen molar-refractivity contribution in [1.29, 1.82) is 0 Å². The highest BCUT2D eigenvalue weighted by Crippen LogP contribution is 2.40. The molecule has 0 saturated carbocycles. The molecule has 10 aromatic rings. The van der Waals surface area contributed by atoms with E-state index in [1.165, 1.54) is 75.5 Å². The lowest BCUT2D eigenvalue weighted by Crippen LogP contribution is -1.93. The molecule has 0 radical (unpaired) electrons. The second-order valence-corrected chi connectivity index (χ2v) is 13.3. The Morgan fingerprint density at radius 1 is 0.435 bits per heavy atom. The maximum atomic E-state index is 6.08. The number of para-hydroxylation sites is 2. The SMILES string of the molecule is Cc1ccc2c(c1)c1ccccc1n2-c1ccc2sc3ccc(-c4cccc(-c5ccc6oc7ccccc7c6c5)c4)cc3c2c1. The van der Waals surface area contributed by atoms with E-state index in [0.29, 0.717) is 0 Å². The Hall–Kier alpha value is -5.64. The molecule has 0 bridgehead atoms. The number of nitrogens with zero attached hydrogens (tertiary/aromatic N) is 1. The number of hydrogen-bond acceptors (Lipinski definition) is 2. The van der Waals surface area contributed by atoms with Gasteiger partial charge in [-0.25, -0.2) is 0 Å². The molecule has 0 aliphatic rings. The minimum Gasteiger partial charge on any atom is -0.456 e. The van der Waals surface area contributed by atoms with Gasteiger partial charge in [0.05, 0.1) is 11.0 Å². The van der Waals surface area contributed by atoms with Crippen molar-refractivity contribution in [2.75, 3.05) is 0 Å². The minimum atomic E-state index is 0.922. The number of furan rings is 1. The van der Waals surface area contributed by atoms with E-state index in [1.54, 1.807) is 0 Å². The monoisotopic (exact) mass is 605 g/mol. The van der Waals surface area contributed by atoms with Gasteiger partial charge in [-0.3, -0.25) is 0 Å². The molecule has 46 heavy (non-hydrogen) atoms. The van der Waals surface area contributed by atoms with E-state index in [1.807, 2.05) is 23.5 Å². The standard InChI is InChI=1S/C43H27NOS/c1-26-13-17-39-34(21-26)32-9-2-4-11-38(32)44(39)31-16-20-43-37(25-31)36-24-30(15-19-42(36)46-43)28-8-6-7-27(22-28)29-14-18-41-35(23-29)33-10-3-5-12-40(33)45-41/h2-25H,1H3. The van der Waals surface area contributed by atoms with Gasteiger partial charge in [0, 0.05) is 47.4 Å². The zero-order valence-electron chi connectivity index (χ0n) is 25.1. The van der Waals surface area contributed by atoms with Crippen molar-refractivity contribution in [2.24, 2.45) is 0 Å². The summed E-state index contributed by atoms with van der Waals surface area (Å²) in [6.45, 7) is 2.17. The Bertz CT molecular complexity index is 2830. The Balaban J connectivity index is 1.11. The first-order chi connectivity index (χ1) is 22.7. The zero-order chi connectivity index (χ0) is 30.4. The molecule has 3 aromatic heterocycles. The molecule has 0 aliphatic heterocycles. The average Bonchev–Trinajstić information content (AvgIpc) is 3.76. The first kappa shape index (κ1) is 25.7. The van der Waals surface area contributed by atoms with Crippen molar-refractivity contribution in [3.63, 3.8) is 0 Å². The molecule has 7 aromatic carbocycles. The van der Waals surface area contributed by atoms with Crippen molar-refractivity contribution in [3.05, 3.63) is 151 Å². The Labute approximate surface area is 269 Å². The molecular formula is C43H27NOS. The third-order valence-corrected chi connectivity index (χ3v) is 10.6. The molecule has 10 rings (SSSR count). The Kier molecular flexibility index (Phi) is 5.40. The van der Waals surface area contributed by atoms with Gasteiger partial charge < -0.3 is 8.98 Å². The molecule has 0 unspecified atom stereocenters. The van der Waals surface area contributed by atoms with Crippen molar-refractivity contribution in [3.8, 4) is 27.9 Å². The molecule has 0 atom stereocenters. The first-order valence-corrected chi connectivity index (χ1v) is 16.5. The molecule has 0 N–H and O–H groups in total. The fourth-order valence-electron chi connectivity index (χ4n) is 7.23. The fourth-order valence-corrected chi connectivity index (χ4v) is 8.30. The third-order valence-electron chi connectivity index (χ3n) is 9.45. The van der Waals surface area contributed by atoms with Crippen LogP contribution in [-0.2, 0) is 0 Å². The van der Waals surface area contributed by atoms with Crippen molar-refractivity contribution < 1.29 is 4.42 Å². The number of aromatic nitrogens is 1. The molecule has 0 fully saturated rings. The lowest BCUT2D eigenvalue weighted by molar-refractivity contribution is 0.669. The summed E-state index contributed by atoms with van der Waals surface area (Å²) in [5.41, 5.74) is 11.6. The number of benzene rings is 7. The summed E-state index contributed by atoms with van der Waals surface area (Å²) >= 11 is 1.87. The van der Waals surface area contributed by atoms with Crippen molar-refractivity contribution in [2.45, 2.75) is 6.92 Å². The van der Waals surface area contributed by atoms with E-state index >= 15 is 0 Å². The topological polar surface area (TPSA) is 18.1 Å². The van der Waals surface area contributed by atoms with Crippen molar-refractivity contribution in [1.82, 2.24) is 4.57 Å². The smallest absolute Gasteiger partial charge is 0.135 e. The molecule has 0 amide bonds. The lowest BCUT2D eigenvalue weighted by atomic mass is 9.97. The highest BCUT2D eigenvalue weighted by Gasteiger charge is 2.15. The molecule has 0 aliphatic carbocycles. The van der Waals surface area contributed by atoms with Crippen LogP contribution in [0.25, 0.3) is 91.9 Å². The molecule has 216 valence electrons. The van der Waals surface area contributed by atoms with Crippen LogP contribution in [-0.4, -0.2) is 4.57 Å². The van der Waals surface area contributed by atoms with Crippen LogP contribution in [0.4, 0.5) is 0 Å². The largest absolute Gasteiger partial charge is 0.456 e. The Morgan fingerprint density at radius 2 is 1.09 bits per heavy atom. The quantitative estimate of drug-likeness (QED) is 0.196. The molecule has 2 nitrogen and oxygen atoms in total. The second kappa shape index (κ2) is 9.68. The van der Waals surface area contributed by atoms with E-state index in [2.05, 4.69) is 145 Å². The summed E-state index contributed by atoms with van der Waals surface area (Å²) < 4.78 is 11.1. The highest BCUT2D eigenvalue weighted by molar-refractivity contribution is 7.25. The van der Waals surface area contributed by atoms with E-state index < -0.39 is 0 Å². The van der Waals surface area contributed by atoms with Gasteiger partial charge in [-0.05, 0) is 102 Å². The number of thiophene rings is 1. The number of fused-ring (bicyclic) bond motifs is 9. The second-order valence-electron chi connectivity index (χ2n) is 12.3. The van der Waals surface area contributed by atoms with Crippen LogP contribution in [0.3, 0.4) is 0 Å². The van der Waals surface area contributed by atoms with Gasteiger partial charge in [-0.2, -0.15) is 0 Å². The van der Waals surface area contributed by atoms with Crippen LogP contribution in [0.1, 0.15) is 5.56 Å². The maximum Gasteiger partial charge on any atom is 0.135 e. The van der Waals surface area contributed by atoms with Crippen LogP contribution >= 0.6 is 11.3 Å². The summed E-state index contributed by atoms with van der Waals surface area (Å²) in [5.74, 6) is 0. The molecule has 3 heteroatoms. The van der Waals surface area contributed by atoms with Crippen LogP contribution in [0.2, 0.25) is 0 Å². The van der Waals surface area contributed by atoms with Gasteiger partial charge in [0.15, 0.2) is 0 Å². The first-order valence-electron chi connectivity index (χ1n) is 15.7. The molecule has 3 heterocycles. The predicted molar refractivity (Wildman–Crippen MR) is 197 cm³/mol. The normalized spacial score (nSPS) is 12.0. The molecule has 0 saturated heterocycles. The lowest BCUT2D eigenvalue weighted by Gasteiger charge is -2.09. The Morgan fingerprint density at radius 3 is 1.96 bits per heavy atom. The van der Waals surface area contributed by atoms with E-state index in [4.69, 9.17) is 4.42 Å². The zero-order valence-corrected chi connectivity index (χ0v) is 25.9. The van der Waals surface area contributed by atoms with Crippen LogP contribution < -0.4 is 0 Å². The van der Waals surface area contributed by atoms with Gasteiger partial charge in [0.25, 0.3) is 0 Å². The van der Waals surface area contributed by atoms with Gasteiger partial charge in [0.2, 0.25) is 0 Å². The molecule has 0 spiro atoms. The van der Waals surface area contributed by atoms with Gasteiger partial charge in [0.1, 0.15) is 11.2 Å². The summed E-state index contributed by atoms with van der Waals surface area (Å²) in [6, 6.07) is 53.1. The summed E-state index contributed by atoms with van der Waals surface area (Å²) in [5, 5.41) is 7.49. The number of rotatable bonds is 3. The van der Waals surface area contributed by atoms with E-state index in [9.17, 15) is 0 Å².